The predicted octanol–water partition coefficient (Wildman–Crippen LogP) is 6.44. The molecular weight excluding hydrogens is 389 g/mol. The van der Waals surface area contributed by atoms with Crippen molar-refractivity contribution >= 4 is 6.08 Å². The summed E-state index contributed by atoms with van der Waals surface area (Å²) in [6, 6.07) is 12.7. The number of hydrogen-bond donors (Lipinski definition) is 0. The Hall–Kier alpha value is -2.99. The summed E-state index contributed by atoms with van der Waals surface area (Å²) < 4.78 is 43.8. The van der Waals surface area contributed by atoms with E-state index in [1.807, 2.05) is 24.3 Å². The lowest BCUT2D eigenvalue weighted by atomic mass is 10.0. The van der Waals surface area contributed by atoms with E-state index < -0.39 is 11.7 Å². The highest BCUT2D eigenvalue weighted by Gasteiger charge is 2.30. The summed E-state index contributed by atoms with van der Waals surface area (Å²) in [4.78, 5) is 9.36. The topological polar surface area (TPSA) is 35.0 Å². The highest BCUT2D eigenvalue weighted by Crippen LogP contribution is 2.33. The highest BCUT2D eigenvalue weighted by atomic mass is 19.4. The van der Waals surface area contributed by atoms with E-state index in [2.05, 4.69) is 11.6 Å². The van der Waals surface area contributed by atoms with E-state index in [9.17, 15) is 13.2 Å². The van der Waals surface area contributed by atoms with E-state index >= 15 is 0 Å². The first kappa shape index (κ1) is 21.7. The van der Waals surface area contributed by atoms with Gasteiger partial charge in [-0.25, -0.2) is 4.98 Å². The summed E-state index contributed by atoms with van der Waals surface area (Å²) in [6.07, 6.45) is 1.65. The van der Waals surface area contributed by atoms with Gasteiger partial charge in [0, 0.05) is 31.0 Å². The van der Waals surface area contributed by atoms with Crippen LogP contribution in [0.25, 0.3) is 28.6 Å². The first-order valence-electron chi connectivity index (χ1n) is 9.67. The Kier molecular flexibility index (Phi) is 7.00. The number of ether oxygens (including phenoxy) is 1. The molecule has 1 heterocycles. The van der Waals surface area contributed by atoms with Crippen molar-refractivity contribution < 1.29 is 17.9 Å². The molecule has 0 saturated heterocycles. The molecule has 0 amide bonds. The van der Waals surface area contributed by atoms with Crippen molar-refractivity contribution in [2.24, 2.45) is 0 Å². The minimum Gasteiger partial charge on any atom is -0.385 e. The number of aromatic nitrogens is 2. The fourth-order valence-corrected chi connectivity index (χ4v) is 3.11. The Bertz CT molecular complexity index is 981. The Balaban J connectivity index is 1.99. The van der Waals surface area contributed by atoms with Gasteiger partial charge in [-0.05, 0) is 37.0 Å². The lowest BCUT2D eigenvalue weighted by molar-refractivity contribution is -0.137. The third kappa shape index (κ3) is 5.33. The molecule has 156 valence electrons. The van der Waals surface area contributed by atoms with Crippen LogP contribution in [0, 0.1) is 0 Å². The number of halogens is 3. The van der Waals surface area contributed by atoms with Crippen LogP contribution in [0.15, 0.2) is 61.3 Å². The minimum atomic E-state index is -4.38. The third-order valence-electron chi connectivity index (χ3n) is 4.76. The Morgan fingerprint density at radius 3 is 2.17 bits per heavy atom. The number of methoxy groups -OCH3 is 1. The van der Waals surface area contributed by atoms with E-state index in [1.165, 1.54) is 12.1 Å². The Morgan fingerprint density at radius 2 is 1.57 bits per heavy atom. The number of benzene rings is 2. The zero-order valence-corrected chi connectivity index (χ0v) is 16.7. The highest BCUT2D eigenvalue weighted by molar-refractivity contribution is 5.78. The predicted molar refractivity (Wildman–Crippen MR) is 113 cm³/mol. The Morgan fingerprint density at radius 1 is 0.933 bits per heavy atom. The van der Waals surface area contributed by atoms with Gasteiger partial charge in [0.05, 0.1) is 22.6 Å². The molecule has 30 heavy (non-hydrogen) atoms. The van der Waals surface area contributed by atoms with Gasteiger partial charge in [0.15, 0.2) is 0 Å². The van der Waals surface area contributed by atoms with Crippen molar-refractivity contribution in [3.63, 3.8) is 0 Å². The number of aryl methyl sites for hydroxylation is 1. The normalized spacial score (nSPS) is 11.5. The third-order valence-corrected chi connectivity index (χ3v) is 4.76. The minimum absolute atomic E-state index is 0.552. The van der Waals surface area contributed by atoms with Crippen LogP contribution < -0.4 is 0 Å². The van der Waals surface area contributed by atoms with Crippen molar-refractivity contribution in [3.8, 4) is 22.5 Å². The fourth-order valence-electron chi connectivity index (χ4n) is 3.11. The average Bonchev–Trinajstić information content (AvgIpc) is 2.76. The number of unbranched alkanes of at least 4 members (excludes halogenated alkanes) is 1. The van der Waals surface area contributed by atoms with Gasteiger partial charge >= 0.3 is 6.18 Å². The SMILES string of the molecule is C=Cc1ccc(-c2nc(CCCCOC)cnc2-c2ccc(C(F)(F)F)cc2)cc1. The molecule has 0 spiro atoms. The molecule has 0 N–H and O–H groups in total. The van der Waals surface area contributed by atoms with Crippen LogP contribution in [0.1, 0.15) is 29.7 Å². The van der Waals surface area contributed by atoms with Gasteiger partial charge in [-0.2, -0.15) is 13.2 Å². The molecule has 0 fully saturated rings. The quantitative estimate of drug-likeness (QED) is 0.399. The van der Waals surface area contributed by atoms with Crippen molar-refractivity contribution in [2.45, 2.75) is 25.4 Å². The molecule has 0 atom stereocenters. The maximum absolute atomic E-state index is 12.9. The summed E-state index contributed by atoms with van der Waals surface area (Å²) in [6.45, 7) is 4.45. The molecular formula is C24H23F3N2O. The first-order valence-corrected chi connectivity index (χ1v) is 9.67. The van der Waals surface area contributed by atoms with Crippen LogP contribution >= 0.6 is 0 Å². The van der Waals surface area contributed by atoms with Crippen molar-refractivity contribution in [3.05, 3.63) is 78.1 Å². The van der Waals surface area contributed by atoms with Crippen LogP contribution in [0.4, 0.5) is 13.2 Å². The summed E-state index contributed by atoms with van der Waals surface area (Å²) >= 11 is 0. The number of alkyl halides is 3. The fraction of sp³-hybridized carbons (Fsp3) is 0.250. The van der Waals surface area contributed by atoms with Crippen molar-refractivity contribution in [2.75, 3.05) is 13.7 Å². The summed E-state index contributed by atoms with van der Waals surface area (Å²) in [5, 5.41) is 0. The molecule has 0 radical (unpaired) electrons. The largest absolute Gasteiger partial charge is 0.416 e. The number of rotatable bonds is 8. The van der Waals surface area contributed by atoms with Crippen LogP contribution in [0.2, 0.25) is 0 Å². The van der Waals surface area contributed by atoms with Gasteiger partial charge in [0.1, 0.15) is 0 Å². The van der Waals surface area contributed by atoms with E-state index in [0.29, 0.717) is 23.6 Å². The maximum atomic E-state index is 12.9. The smallest absolute Gasteiger partial charge is 0.385 e. The molecule has 2 aromatic carbocycles. The van der Waals surface area contributed by atoms with Crippen LogP contribution in [0.3, 0.4) is 0 Å². The molecule has 0 unspecified atom stereocenters. The molecule has 1 aromatic heterocycles. The average molecular weight is 412 g/mol. The zero-order chi connectivity index (χ0) is 21.6. The van der Waals surface area contributed by atoms with Crippen molar-refractivity contribution in [1.29, 1.82) is 0 Å². The van der Waals surface area contributed by atoms with Crippen LogP contribution in [0.5, 0.6) is 0 Å². The monoisotopic (exact) mass is 412 g/mol. The summed E-state index contributed by atoms with van der Waals surface area (Å²) in [5.74, 6) is 0. The van der Waals surface area contributed by atoms with E-state index in [0.717, 1.165) is 48.2 Å². The lowest BCUT2D eigenvalue weighted by Gasteiger charge is -2.12. The van der Waals surface area contributed by atoms with E-state index in [4.69, 9.17) is 9.72 Å². The zero-order valence-electron chi connectivity index (χ0n) is 16.7. The van der Waals surface area contributed by atoms with Crippen molar-refractivity contribution in [1.82, 2.24) is 9.97 Å². The van der Waals surface area contributed by atoms with Crippen LogP contribution in [-0.4, -0.2) is 23.7 Å². The molecule has 3 aromatic rings. The standard InChI is InChI=1S/C24H23F3N2O/c1-3-17-7-9-19(10-8-17)23-22(18-11-13-20(14-12-18)24(25,26)27)28-16-21(29-23)6-4-5-15-30-2/h3,7-14,16H,1,4-6,15H2,2H3. The van der Waals surface area contributed by atoms with Gasteiger partial charge in [-0.3, -0.25) is 4.98 Å². The van der Waals surface area contributed by atoms with Gasteiger partial charge in [-0.1, -0.05) is 49.1 Å². The second-order valence-corrected chi connectivity index (χ2v) is 6.91. The molecule has 0 aliphatic carbocycles. The molecule has 6 heteroatoms. The molecule has 0 aliphatic rings. The second kappa shape index (κ2) is 9.67. The van der Waals surface area contributed by atoms with Gasteiger partial charge in [0.2, 0.25) is 0 Å². The Labute approximate surface area is 174 Å². The molecule has 0 aliphatic heterocycles. The van der Waals surface area contributed by atoms with Gasteiger partial charge in [-0.15, -0.1) is 0 Å². The number of nitrogens with zero attached hydrogens (tertiary/aromatic N) is 2. The lowest BCUT2D eigenvalue weighted by Crippen LogP contribution is -2.04. The molecule has 0 saturated carbocycles. The first-order chi connectivity index (χ1) is 14.4. The molecule has 3 rings (SSSR count). The van der Waals surface area contributed by atoms with E-state index in [1.54, 1.807) is 19.4 Å². The van der Waals surface area contributed by atoms with E-state index in [-0.39, 0.29) is 0 Å². The maximum Gasteiger partial charge on any atom is 0.416 e. The summed E-state index contributed by atoms with van der Waals surface area (Å²) in [5.41, 5.74) is 3.75. The molecule has 0 bridgehead atoms. The summed E-state index contributed by atoms with van der Waals surface area (Å²) in [7, 11) is 1.67. The number of hydrogen-bond acceptors (Lipinski definition) is 3. The second-order valence-electron chi connectivity index (χ2n) is 6.91. The van der Waals surface area contributed by atoms with Crippen LogP contribution in [-0.2, 0) is 17.3 Å². The molecule has 3 nitrogen and oxygen atoms in total. The van der Waals surface area contributed by atoms with Gasteiger partial charge < -0.3 is 4.74 Å². The van der Waals surface area contributed by atoms with Gasteiger partial charge in [0.25, 0.3) is 0 Å².